The number of aromatic hydroxyl groups is 4. The Bertz CT molecular complexity index is 2100. The van der Waals surface area contributed by atoms with Crippen LogP contribution < -0.4 is 18.9 Å². The van der Waals surface area contributed by atoms with Crippen LogP contribution in [0.1, 0.15) is 35.1 Å². The summed E-state index contributed by atoms with van der Waals surface area (Å²) in [6.45, 7) is 0. The summed E-state index contributed by atoms with van der Waals surface area (Å²) < 4.78 is 51.6. The van der Waals surface area contributed by atoms with Crippen molar-refractivity contribution in [3.63, 3.8) is 0 Å². The maximum absolute atomic E-state index is 11.9. The zero-order chi connectivity index (χ0) is 47.7. The average Bonchev–Trinajstić information content (AvgIpc) is 3.21. The van der Waals surface area contributed by atoms with Gasteiger partial charge in [-0.15, -0.1) is 0 Å². The third-order valence-corrected chi connectivity index (χ3v) is 7.36. The first-order valence-electron chi connectivity index (χ1n) is 17.6. The fourth-order valence-electron chi connectivity index (χ4n) is 4.53. The Morgan fingerprint density at radius 1 is 0.460 bits per heavy atom. The minimum absolute atomic E-state index is 0.00662. The molecule has 0 saturated heterocycles. The van der Waals surface area contributed by atoms with Crippen LogP contribution in [0, 0.1) is 0 Å². The number of allylic oxidation sites excluding steroid dienone is 4. The van der Waals surface area contributed by atoms with Gasteiger partial charge in [-0.2, -0.15) is 8.42 Å². The molecule has 0 unspecified atom stereocenters. The number of phenolic OH excluding ortho intramolecular Hbond substituents is 4. The molecule has 0 heterocycles. The topological polar surface area (TPSA) is 321 Å². The van der Waals surface area contributed by atoms with E-state index in [1.54, 1.807) is 72.8 Å². The second kappa shape index (κ2) is 27.6. The number of methoxy groups -OCH3 is 4. The molecular weight excluding hydrogens is 851 g/mol. The smallest absolute Gasteiger partial charge is 0.504 e. The van der Waals surface area contributed by atoms with Gasteiger partial charge in [0.25, 0.3) is 0 Å². The van der Waals surface area contributed by atoms with E-state index in [1.807, 2.05) is 0 Å². The van der Waals surface area contributed by atoms with Gasteiger partial charge in [-0.05, 0) is 95.1 Å². The van der Waals surface area contributed by atoms with Crippen molar-refractivity contribution in [2.45, 2.75) is 12.8 Å². The predicted molar refractivity (Wildman–Crippen MR) is 231 cm³/mol. The highest BCUT2D eigenvalue weighted by Crippen LogP contribution is 2.29. The summed E-state index contributed by atoms with van der Waals surface area (Å²) in [4.78, 5) is 47.7. The molecule has 0 aliphatic heterocycles. The summed E-state index contributed by atoms with van der Waals surface area (Å²) in [5.41, 5.74) is 2.66. The Morgan fingerprint density at radius 3 is 0.794 bits per heavy atom. The number of carbonyl (C=O) groups is 4. The molecular formula is C42H45BO19S. The SMILES string of the molecule is COc1cc(C=CC(=O)CC(=O)C=Cc2ccc(O)c(OC)c2)ccc1O.COc1cc(C=CC(=O)CC(=O)C=Cc2ccc(O)c(OC)c2)ccc1O.O=S(=O)(O)O.OB(O)O. The van der Waals surface area contributed by atoms with E-state index in [9.17, 15) is 39.6 Å². The summed E-state index contributed by atoms with van der Waals surface area (Å²) in [5, 5.41) is 59.7. The van der Waals surface area contributed by atoms with Crippen LogP contribution in [0.3, 0.4) is 0 Å². The highest BCUT2D eigenvalue weighted by molar-refractivity contribution is 7.79. The van der Waals surface area contributed by atoms with Crippen molar-refractivity contribution >= 4 is 65.2 Å². The molecule has 19 nitrogen and oxygen atoms in total. The van der Waals surface area contributed by atoms with Crippen molar-refractivity contribution in [3.8, 4) is 46.0 Å². The third kappa shape index (κ3) is 23.4. The van der Waals surface area contributed by atoms with E-state index in [0.717, 1.165) is 0 Å². The van der Waals surface area contributed by atoms with Gasteiger partial charge in [-0.3, -0.25) is 28.3 Å². The first-order chi connectivity index (χ1) is 29.6. The van der Waals surface area contributed by atoms with Crippen molar-refractivity contribution in [1.29, 1.82) is 0 Å². The lowest BCUT2D eigenvalue weighted by atomic mass is 10.1. The molecule has 4 aromatic carbocycles. The van der Waals surface area contributed by atoms with E-state index < -0.39 is 17.7 Å². The Kier molecular flexibility index (Phi) is 23.5. The number of hydrogen-bond donors (Lipinski definition) is 9. The van der Waals surface area contributed by atoms with Crippen molar-refractivity contribution < 1.29 is 91.1 Å². The van der Waals surface area contributed by atoms with Crippen molar-refractivity contribution in [2.24, 2.45) is 0 Å². The first kappa shape index (κ1) is 53.8. The monoisotopic (exact) mass is 896 g/mol. The van der Waals surface area contributed by atoms with Crippen LogP contribution in [-0.2, 0) is 29.6 Å². The van der Waals surface area contributed by atoms with Crippen molar-refractivity contribution in [1.82, 2.24) is 0 Å². The van der Waals surface area contributed by atoms with Gasteiger partial charge in [0.15, 0.2) is 69.1 Å². The van der Waals surface area contributed by atoms with Crippen LogP contribution >= 0.6 is 0 Å². The fraction of sp³-hybridized carbons (Fsp3) is 0.143. The Labute approximate surface area is 362 Å². The highest BCUT2D eigenvalue weighted by atomic mass is 32.3. The molecule has 0 radical (unpaired) electrons. The van der Waals surface area contributed by atoms with E-state index in [4.69, 9.17) is 51.5 Å². The molecule has 0 amide bonds. The number of ether oxygens (including phenoxy) is 4. The van der Waals surface area contributed by atoms with Gasteiger partial charge in [0, 0.05) is 0 Å². The van der Waals surface area contributed by atoms with Crippen molar-refractivity contribution in [3.05, 3.63) is 119 Å². The fourth-order valence-corrected chi connectivity index (χ4v) is 4.53. The zero-order valence-corrected chi connectivity index (χ0v) is 34.9. The van der Waals surface area contributed by atoms with Gasteiger partial charge in [0.2, 0.25) is 0 Å². The summed E-state index contributed by atoms with van der Waals surface area (Å²) in [7, 11) is -1.10. The number of phenols is 4. The molecule has 21 heteroatoms. The molecule has 0 aliphatic rings. The van der Waals surface area contributed by atoms with Crippen LogP contribution in [0.15, 0.2) is 97.1 Å². The molecule has 4 rings (SSSR count). The van der Waals surface area contributed by atoms with Crippen LogP contribution in [0.4, 0.5) is 0 Å². The predicted octanol–water partition coefficient (Wildman–Crippen LogP) is 4.04. The third-order valence-electron chi connectivity index (χ3n) is 7.36. The number of hydrogen-bond acceptors (Lipinski definition) is 17. The molecule has 63 heavy (non-hydrogen) atoms. The summed E-state index contributed by atoms with van der Waals surface area (Å²) in [5.74, 6) is -0.166. The molecule has 0 fully saturated rings. The normalized spacial score (nSPS) is 10.8. The van der Waals surface area contributed by atoms with Crippen molar-refractivity contribution in [2.75, 3.05) is 28.4 Å². The Morgan fingerprint density at radius 2 is 0.635 bits per heavy atom. The van der Waals surface area contributed by atoms with E-state index in [-0.39, 0.29) is 59.0 Å². The minimum Gasteiger partial charge on any atom is -0.504 e. The summed E-state index contributed by atoms with van der Waals surface area (Å²) >= 11 is 0. The van der Waals surface area contributed by atoms with E-state index in [2.05, 4.69) is 0 Å². The largest absolute Gasteiger partial charge is 0.631 e. The lowest BCUT2D eigenvalue weighted by molar-refractivity contribution is -0.123. The van der Waals surface area contributed by atoms with Crippen LogP contribution in [0.5, 0.6) is 46.0 Å². The van der Waals surface area contributed by atoms with E-state index in [0.29, 0.717) is 45.3 Å². The van der Waals surface area contributed by atoms with Gasteiger partial charge >= 0.3 is 17.7 Å². The molecule has 0 saturated carbocycles. The number of rotatable bonds is 16. The maximum atomic E-state index is 11.9. The second-order valence-electron chi connectivity index (χ2n) is 12.1. The minimum atomic E-state index is -4.67. The molecule has 4 aromatic rings. The molecule has 0 bridgehead atoms. The van der Waals surface area contributed by atoms with Crippen LogP contribution in [0.2, 0.25) is 0 Å². The van der Waals surface area contributed by atoms with Gasteiger partial charge in [0.1, 0.15) is 0 Å². The summed E-state index contributed by atoms with van der Waals surface area (Å²) in [6, 6.07) is 18.7. The average molecular weight is 897 g/mol. The molecule has 0 aliphatic carbocycles. The molecule has 336 valence electrons. The Hall–Kier alpha value is -7.27. The lowest BCUT2D eigenvalue weighted by Gasteiger charge is -2.03. The quantitative estimate of drug-likeness (QED) is 0.0332. The number of ketones is 4. The highest BCUT2D eigenvalue weighted by Gasteiger charge is 2.08. The van der Waals surface area contributed by atoms with Gasteiger partial charge < -0.3 is 54.4 Å². The molecule has 9 N–H and O–H groups in total. The van der Waals surface area contributed by atoms with Gasteiger partial charge in [-0.1, -0.05) is 48.6 Å². The van der Waals surface area contributed by atoms with Gasteiger partial charge in [0.05, 0.1) is 41.3 Å². The number of benzene rings is 4. The van der Waals surface area contributed by atoms with E-state index >= 15 is 0 Å². The molecule has 0 aromatic heterocycles. The molecule has 0 atom stereocenters. The van der Waals surface area contributed by atoms with Crippen LogP contribution in [-0.4, -0.2) is 112 Å². The Balaban J connectivity index is 0.000000528. The number of carbonyl (C=O) groups excluding carboxylic acids is 4. The standard InChI is InChI=1S/2C21H20O6.BH3O3.H2O4S/c2*1-26-20-11-14(5-9-18(20)24)3-7-16(22)13-17(23)8-4-15-6-10-19(25)21(12-15)27-2;2-1(3)4;1-5(2,3)4/h2*3-12,24-25H,13H2,1-2H3;2-4H;(H2,1,2,3,4). The lowest BCUT2D eigenvalue weighted by Crippen LogP contribution is -2.07. The summed E-state index contributed by atoms with van der Waals surface area (Å²) in [6.07, 6.45) is 10.9. The maximum Gasteiger partial charge on any atom is 0.631 e. The molecule has 0 spiro atoms. The van der Waals surface area contributed by atoms with Crippen LogP contribution in [0.25, 0.3) is 24.3 Å². The van der Waals surface area contributed by atoms with Gasteiger partial charge in [-0.25, -0.2) is 0 Å². The zero-order valence-electron chi connectivity index (χ0n) is 34.1. The van der Waals surface area contributed by atoms with E-state index in [1.165, 1.54) is 77.0 Å². The first-order valence-corrected chi connectivity index (χ1v) is 19.0. The second-order valence-corrected chi connectivity index (χ2v) is 13.0.